The molecule has 0 aliphatic carbocycles. The highest BCUT2D eigenvalue weighted by Gasteiger charge is 2.26. The summed E-state index contributed by atoms with van der Waals surface area (Å²) < 4.78 is 1.83. The first-order valence-corrected chi connectivity index (χ1v) is 9.73. The summed E-state index contributed by atoms with van der Waals surface area (Å²) in [4.78, 5) is 26.0. The maximum Gasteiger partial charge on any atom is 0.323 e. The van der Waals surface area contributed by atoms with Crippen molar-refractivity contribution in [1.29, 1.82) is 0 Å². The number of carboxylic acids is 1. The van der Waals surface area contributed by atoms with Crippen molar-refractivity contribution in [2.24, 2.45) is 0 Å². The van der Waals surface area contributed by atoms with E-state index in [1.54, 1.807) is 0 Å². The molecule has 3 aromatic rings. The summed E-state index contributed by atoms with van der Waals surface area (Å²) in [6.07, 6.45) is 4.63. The lowest BCUT2D eigenvalue weighted by Crippen LogP contribution is -2.24. The van der Waals surface area contributed by atoms with Crippen molar-refractivity contribution < 1.29 is 9.90 Å². The molecular formula is C20H24ClN5O2. The number of carbonyl (C=O) groups is 1. The first-order valence-electron chi connectivity index (χ1n) is 9.73. The summed E-state index contributed by atoms with van der Waals surface area (Å²) >= 11 is 0. The highest BCUT2D eigenvalue weighted by molar-refractivity contribution is 6.12. The van der Waals surface area contributed by atoms with Crippen molar-refractivity contribution in [3.63, 3.8) is 0 Å². The van der Waals surface area contributed by atoms with Gasteiger partial charge in [-0.15, -0.1) is 12.4 Å². The third-order valence-electron chi connectivity index (χ3n) is 5.67. The van der Waals surface area contributed by atoms with Crippen molar-refractivity contribution in [1.82, 2.24) is 14.5 Å². The molecule has 1 aromatic carbocycles. The van der Waals surface area contributed by atoms with Gasteiger partial charge in [0, 0.05) is 31.6 Å². The lowest BCUT2D eigenvalue weighted by molar-refractivity contribution is -0.137. The van der Waals surface area contributed by atoms with Crippen molar-refractivity contribution in [3.8, 4) is 0 Å². The van der Waals surface area contributed by atoms with E-state index in [1.807, 2.05) is 22.8 Å². The Morgan fingerprint density at radius 1 is 0.964 bits per heavy atom. The molecule has 8 heteroatoms. The van der Waals surface area contributed by atoms with E-state index in [-0.39, 0.29) is 19.0 Å². The Morgan fingerprint density at radius 3 is 2.29 bits per heavy atom. The molecule has 0 bridgehead atoms. The van der Waals surface area contributed by atoms with Gasteiger partial charge in [-0.25, -0.2) is 0 Å². The number of fused-ring (bicyclic) bond motifs is 3. The molecule has 2 aromatic heterocycles. The lowest BCUT2D eigenvalue weighted by Gasteiger charge is -2.22. The number of anilines is 2. The average molecular weight is 402 g/mol. The number of aliphatic carboxylic acids is 1. The van der Waals surface area contributed by atoms with E-state index in [1.165, 1.54) is 0 Å². The van der Waals surface area contributed by atoms with Crippen LogP contribution in [-0.2, 0) is 11.3 Å². The number of carboxylic acid groups (broad SMARTS) is 1. The lowest BCUT2D eigenvalue weighted by atomic mass is 10.2. The number of hydrogen-bond acceptors (Lipinski definition) is 5. The third kappa shape index (κ3) is 3.03. The second kappa shape index (κ2) is 7.47. The van der Waals surface area contributed by atoms with E-state index in [9.17, 15) is 9.90 Å². The number of benzene rings is 1. The highest BCUT2D eigenvalue weighted by atomic mass is 35.5. The van der Waals surface area contributed by atoms with E-state index < -0.39 is 5.97 Å². The van der Waals surface area contributed by atoms with Gasteiger partial charge in [-0.3, -0.25) is 4.79 Å². The summed E-state index contributed by atoms with van der Waals surface area (Å²) in [5.74, 6) is 0.831. The van der Waals surface area contributed by atoms with Crippen LogP contribution in [-0.4, -0.2) is 51.8 Å². The molecule has 0 amide bonds. The number of halogens is 1. The SMILES string of the molecule is Cl.O=C(O)Cn1c2ccccc2c2c(N3CCCC3)nc(N3CCCC3)nc21. The van der Waals surface area contributed by atoms with E-state index in [0.717, 1.165) is 85.6 Å². The maximum atomic E-state index is 11.6. The number of aromatic nitrogens is 3. The highest BCUT2D eigenvalue weighted by Crippen LogP contribution is 2.37. The summed E-state index contributed by atoms with van der Waals surface area (Å²) in [5, 5.41) is 11.5. The summed E-state index contributed by atoms with van der Waals surface area (Å²) in [7, 11) is 0. The molecule has 28 heavy (non-hydrogen) atoms. The van der Waals surface area contributed by atoms with Gasteiger partial charge in [0.2, 0.25) is 5.95 Å². The standard InChI is InChI=1S/C20H23N5O2.ClH/c26-16(27)13-25-15-8-2-1-7-14(15)17-18(23-9-3-4-10-23)21-20(22-19(17)25)24-11-5-6-12-24;/h1-2,7-8H,3-6,9-13H2,(H,26,27);1H. The molecule has 0 saturated carbocycles. The average Bonchev–Trinajstić information content (AvgIpc) is 3.42. The zero-order valence-electron chi connectivity index (χ0n) is 15.7. The van der Waals surface area contributed by atoms with Crippen LogP contribution in [0, 0.1) is 0 Å². The largest absolute Gasteiger partial charge is 0.480 e. The molecular weight excluding hydrogens is 378 g/mol. The van der Waals surface area contributed by atoms with Crippen LogP contribution in [0.15, 0.2) is 24.3 Å². The molecule has 0 unspecified atom stereocenters. The van der Waals surface area contributed by atoms with Crippen LogP contribution in [0.1, 0.15) is 25.7 Å². The van der Waals surface area contributed by atoms with Gasteiger partial charge in [-0.2, -0.15) is 9.97 Å². The smallest absolute Gasteiger partial charge is 0.323 e. The Labute approximate surface area is 169 Å². The topological polar surface area (TPSA) is 74.5 Å². The zero-order valence-corrected chi connectivity index (χ0v) is 16.5. The van der Waals surface area contributed by atoms with Gasteiger partial charge in [0.05, 0.1) is 10.9 Å². The number of para-hydroxylation sites is 1. The summed E-state index contributed by atoms with van der Waals surface area (Å²) in [6, 6.07) is 7.97. The first kappa shape index (κ1) is 18.8. The third-order valence-corrected chi connectivity index (χ3v) is 5.67. The van der Waals surface area contributed by atoms with Crippen LogP contribution < -0.4 is 9.80 Å². The van der Waals surface area contributed by atoms with Crippen molar-refractivity contribution in [3.05, 3.63) is 24.3 Å². The van der Waals surface area contributed by atoms with Crippen LogP contribution in [0.2, 0.25) is 0 Å². The van der Waals surface area contributed by atoms with Crippen LogP contribution >= 0.6 is 12.4 Å². The quantitative estimate of drug-likeness (QED) is 0.723. The Morgan fingerprint density at radius 2 is 1.61 bits per heavy atom. The molecule has 0 spiro atoms. The number of hydrogen-bond donors (Lipinski definition) is 1. The van der Waals surface area contributed by atoms with Gasteiger partial charge in [0.1, 0.15) is 18.0 Å². The first-order chi connectivity index (χ1) is 13.2. The van der Waals surface area contributed by atoms with E-state index in [4.69, 9.17) is 9.97 Å². The molecule has 5 rings (SSSR count). The number of rotatable bonds is 4. The van der Waals surface area contributed by atoms with Gasteiger partial charge < -0.3 is 19.5 Å². The normalized spacial score (nSPS) is 16.9. The molecule has 148 valence electrons. The number of nitrogens with zero attached hydrogens (tertiary/aromatic N) is 5. The summed E-state index contributed by atoms with van der Waals surface area (Å²) in [5.41, 5.74) is 1.64. The molecule has 0 atom stereocenters. The monoisotopic (exact) mass is 401 g/mol. The van der Waals surface area contributed by atoms with Crippen LogP contribution in [0.25, 0.3) is 21.9 Å². The van der Waals surface area contributed by atoms with Gasteiger partial charge >= 0.3 is 5.97 Å². The van der Waals surface area contributed by atoms with Crippen molar-refractivity contribution in [2.45, 2.75) is 32.2 Å². The Kier molecular flexibility index (Phi) is 5.02. The molecule has 2 aliphatic heterocycles. The molecule has 2 saturated heterocycles. The van der Waals surface area contributed by atoms with Crippen molar-refractivity contribution in [2.75, 3.05) is 36.0 Å². The minimum Gasteiger partial charge on any atom is -0.480 e. The van der Waals surface area contributed by atoms with Gasteiger partial charge in [0.25, 0.3) is 0 Å². The second-order valence-electron chi connectivity index (χ2n) is 7.43. The Hall–Kier alpha value is -2.54. The van der Waals surface area contributed by atoms with Crippen LogP contribution in [0.5, 0.6) is 0 Å². The minimum atomic E-state index is -0.860. The molecule has 1 N–H and O–H groups in total. The fourth-order valence-corrected chi connectivity index (χ4v) is 4.41. The Balaban J connectivity index is 0.00000192. The predicted octanol–water partition coefficient (Wildman–Crippen LogP) is 3.29. The maximum absolute atomic E-state index is 11.6. The fourth-order valence-electron chi connectivity index (χ4n) is 4.41. The fraction of sp³-hybridized carbons (Fsp3) is 0.450. The van der Waals surface area contributed by atoms with Gasteiger partial charge in [-0.05, 0) is 31.7 Å². The van der Waals surface area contributed by atoms with E-state index in [0.29, 0.717) is 0 Å². The van der Waals surface area contributed by atoms with Crippen LogP contribution in [0.3, 0.4) is 0 Å². The van der Waals surface area contributed by atoms with E-state index in [2.05, 4.69) is 15.9 Å². The molecule has 4 heterocycles. The zero-order chi connectivity index (χ0) is 18.4. The second-order valence-corrected chi connectivity index (χ2v) is 7.43. The molecule has 2 aliphatic rings. The summed E-state index contributed by atoms with van der Waals surface area (Å²) in [6.45, 7) is 3.81. The molecule has 7 nitrogen and oxygen atoms in total. The molecule has 2 fully saturated rings. The van der Waals surface area contributed by atoms with Crippen LogP contribution in [0.4, 0.5) is 11.8 Å². The minimum absolute atomic E-state index is 0. The van der Waals surface area contributed by atoms with Gasteiger partial charge in [-0.1, -0.05) is 18.2 Å². The van der Waals surface area contributed by atoms with Crippen molar-refractivity contribution >= 4 is 52.1 Å². The predicted molar refractivity (Wildman–Crippen MR) is 113 cm³/mol. The molecule has 0 radical (unpaired) electrons. The van der Waals surface area contributed by atoms with Gasteiger partial charge in [0.15, 0.2) is 0 Å². The Bertz CT molecular complexity index is 1020. The van der Waals surface area contributed by atoms with E-state index >= 15 is 0 Å².